The maximum absolute atomic E-state index is 14.5. The monoisotopic (exact) mass is 641 g/mol. The number of carbonyl (C=O) groups excluding carboxylic acids is 3. The van der Waals surface area contributed by atoms with Crippen LogP contribution < -0.4 is 5.32 Å². The van der Waals surface area contributed by atoms with Crippen LogP contribution in [0.25, 0.3) is 11.3 Å². The van der Waals surface area contributed by atoms with Gasteiger partial charge in [-0.25, -0.2) is 4.68 Å². The Morgan fingerprint density at radius 1 is 0.913 bits per heavy atom. The Kier molecular flexibility index (Phi) is 8.41. The number of nitrogens with zero attached hydrogens (tertiary/aromatic N) is 6. The molecule has 248 valence electrons. The highest BCUT2D eigenvalue weighted by molar-refractivity contribution is 5.94. The van der Waals surface area contributed by atoms with Gasteiger partial charge in [0.1, 0.15) is 47.9 Å². The van der Waals surface area contributed by atoms with Crippen molar-refractivity contribution in [2.45, 2.75) is 73.9 Å². The first-order valence-electron chi connectivity index (χ1n) is 15.8. The van der Waals surface area contributed by atoms with Crippen molar-refractivity contribution >= 4 is 17.7 Å². The van der Waals surface area contributed by atoms with Gasteiger partial charge in [0, 0.05) is 57.5 Å². The Labute approximate surface area is 264 Å². The molecule has 1 aromatic heterocycles. The Morgan fingerprint density at radius 2 is 1.72 bits per heavy atom. The molecule has 6 heterocycles. The van der Waals surface area contributed by atoms with E-state index in [-0.39, 0.29) is 38.0 Å². The van der Waals surface area contributed by atoms with E-state index >= 15 is 0 Å². The summed E-state index contributed by atoms with van der Waals surface area (Å²) in [6, 6.07) is 4.08. The molecule has 16 nitrogen and oxygen atoms in total. The zero-order valence-electron chi connectivity index (χ0n) is 25.2. The maximum atomic E-state index is 14.5. The lowest BCUT2D eigenvalue weighted by Gasteiger charge is -2.48. The van der Waals surface area contributed by atoms with Crippen LogP contribution in [0.15, 0.2) is 30.5 Å². The third-order valence-corrected chi connectivity index (χ3v) is 10.0. The minimum atomic E-state index is -1.72. The lowest BCUT2D eigenvalue weighted by molar-refractivity contribution is -0.225. The quantitative estimate of drug-likeness (QED) is 0.236. The van der Waals surface area contributed by atoms with E-state index in [9.17, 15) is 34.8 Å². The lowest BCUT2D eigenvalue weighted by atomic mass is 9.92. The molecule has 5 saturated heterocycles. The number of rotatable bonds is 3. The second-order valence-corrected chi connectivity index (χ2v) is 12.7. The van der Waals surface area contributed by atoms with Crippen LogP contribution >= 0.6 is 0 Å². The molecule has 0 saturated carbocycles. The number of benzene rings is 1. The molecule has 16 heteroatoms. The normalized spacial score (nSPS) is 34.8. The van der Waals surface area contributed by atoms with Crippen LogP contribution in [0.4, 0.5) is 0 Å². The number of amides is 3. The average molecular weight is 642 g/mol. The molecule has 7 rings (SSSR count). The van der Waals surface area contributed by atoms with Crippen LogP contribution in [0.1, 0.15) is 25.3 Å². The van der Waals surface area contributed by atoms with Crippen LogP contribution in [0.3, 0.4) is 0 Å². The largest absolute Gasteiger partial charge is 0.508 e. The number of aliphatic hydroxyl groups excluding tert-OH is 3. The van der Waals surface area contributed by atoms with Crippen LogP contribution in [-0.4, -0.2) is 162 Å². The summed E-state index contributed by atoms with van der Waals surface area (Å²) < 4.78 is 12.9. The molecular weight excluding hydrogens is 602 g/mol. The Bertz CT molecular complexity index is 1470. The number of aromatic hydroxyl groups is 1. The van der Waals surface area contributed by atoms with Crippen molar-refractivity contribution in [3.05, 3.63) is 30.5 Å². The second-order valence-electron chi connectivity index (χ2n) is 12.7. The summed E-state index contributed by atoms with van der Waals surface area (Å²) in [5, 5.41) is 53.4. The van der Waals surface area contributed by atoms with Crippen molar-refractivity contribution in [1.82, 2.24) is 35.0 Å². The molecule has 2 aromatic rings. The summed E-state index contributed by atoms with van der Waals surface area (Å²) in [6.45, 7) is 2.02. The minimum absolute atomic E-state index is 0.0664. The molecule has 5 aliphatic rings. The van der Waals surface area contributed by atoms with Gasteiger partial charge in [0.15, 0.2) is 6.10 Å². The van der Waals surface area contributed by atoms with Crippen LogP contribution in [0, 0.1) is 0 Å². The highest BCUT2D eigenvalue weighted by Gasteiger charge is 2.53. The van der Waals surface area contributed by atoms with Gasteiger partial charge >= 0.3 is 0 Å². The molecular formula is C30H39N7O9. The van der Waals surface area contributed by atoms with Gasteiger partial charge in [-0.3, -0.25) is 19.3 Å². The van der Waals surface area contributed by atoms with E-state index in [1.54, 1.807) is 35.1 Å². The first kappa shape index (κ1) is 31.0. The third-order valence-electron chi connectivity index (χ3n) is 10.0. The fraction of sp³-hybridized carbons (Fsp3) is 0.633. The Morgan fingerprint density at radius 3 is 2.50 bits per heavy atom. The molecule has 8 atom stereocenters. The summed E-state index contributed by atoms with van der Waals surface area (Å²) in [6.07, 6.45) is -4.10. The van der Waals surface area contributed by atoms with E-state index in [4.69, 9.17) is 9.47 Å². The fourth-order valence-electron chi connectivity index (χ4n) is 7.50. The van der Waals surface area contributed by atoms with E-state index in [1.165, 1.54) is 9.80 Å². The topological polar surface area (TPSA) is 203 Å². The van der Waals surface area contributed by atoms with Gasteiger partial charge in [0.2, 0.25) is 11.8 Å². The standard InChI is InChI=1S/C30H39N7O9/c38-18-3-1-2-16(12-18)19-14-37(33-32-19)20-4-7-36-23(20)28(42)31-13-22-24(39)25(40)26(41)27(46-22)30(44)35-9-8-34(15-21(35)29(36)43)17-5-10-45-11-6-17/h1-3,12,14,17,20-27,38-41H,4-11,13,15H2,(H,31,42)/t20-,21+,22+,23+,24+,25-,26-,27+/m1/s1. The SMILES string of the molecule is O=C1NC[C@@H]2O[C@H](C(=O)N3CCN(C4CCOCC4)C[C@H]3C(=O)N3CC[C@@H](n4cc(-c5cccc(O)c5)nn4)[C@@H]13)[C@H](O)[C@H](O)[C@H]2O. The van der Waals surface area contributed by atoms with Gasteiger partial charge in [-0.2, -0.15) is 0 Å². The van der Waals surface area contributed by atoms with E-state index < -0.39 is 66.4 Å². The maximum Gasteiger partial charge on any atom is 0.255 e. The highest BCUT2D eigenvalue weighted by atomic mass is 16.5. The molecule has 0 radical (unpaired) electrons. The van der Waals surface area contributed by atoms with Gasteiger partial charge in [0.25, 0.3) is 5.91 Å². The van der Waals surface area contributed by atoms with Crippen molar-refractivity contribution in [2.75, 3.05) is 45.9 Å². The molecule has 0 spiro atoms. The Hall–Kier alpha value is -3.67. The van der Waals surface area contributed by atoms with Crippen LogP contribution in [0.2, 0.25) is 0 Å². The molecule has 5 fully saturated rings. The first-order valence-corrected chi connectivity index (χ1v) is 15.8. The minimum Gasteiger partial charge on any atom is -0.508 e. The summed E-state index contributed by atoms with van der Waals surface area (Å²) in [7, 11) is 0. The number of hydrogen-bond donors (Lipinski definition) is 5. The van der Waals surface area contributed by atoms with Gasteiger partial charge < -0.3 is 45.0 Å². The summed E-state index contributed by atoms with van der Waals surface area (Å²) in [5.41, 5.74) is 1.10. The van der Waals surface area contributed by atoms with Crippen LogP contribution in [-0.2, 0) is 23.9 Å². The summed E-state index contributed by atoms with van der Waals surface area (Å²) in [4.78, 5) is 47.6. The third kappa shape index (κ3) is 5.52. The Balaban J connectivity index is 1.23. The smallest absolute Gasteiger partial charge is 0.255 e. The van der Waals surface area contributed by atoms with E-state index in [0.29, 0.717) is 37.4 Å². The summed E-state index contributed by atoms with van der Waals surface area (Å²) >= 11 is 0. The van der Waals surface area contributed by atoms with Crippen molar-refractivity contribution in [3.63, 3.8) is 0 Å². The van der Waals surface area contributed by atoms with E-state index in [2.05, 4.69) is 20.5 Å². The molecule has 46 heavy (non-hydrogen) atoms. The predicted molar refractivity (Wildman–Crippen MR) is 157 cm³/mol. The lowest BCUT2D eigenvalue weighted by Crippen LogP contribution is -2.70. The molecule has 0 aliphatic carbocycles. The summed E-state index contributed by atoms with van der Waals surface area (Å²) in [5.74, 6) is -1.52. The number of hydrogen-bond acceptors (Lipinski definition) is 12. The van der Waals surface area contributed by atoms with E-state index in [0.717, 1.165) is 12.8 Å². The average Bonchev–Trinajstić information content (AvgIpc) is 3.74. The van der Waals surface area contributed by atoms with Gasteiger partial charge in [-0.15, -0.1) is 5.10 Å². The van der Waals surface area contributed by atoms with Crippen molar-refractivity contribution in [3.8, 4) is 17.0 Å². The van der Waals surface area contributed by atoms with Gasteiger partial charge in [0.05, 0.1) is 12.2 Å². The number of phenolic OH excluding ortho intramolecular Hbond substituents is 1. The van der Waals surface area contributed by atoms with Crippen molar-refractivity contribution in [1.29, 1.82) is 0 Å². The van der Waals surface area contributed by atoms with Gasteiger partial charge in [-0.1, -0.05) is 17.3 Å². The molecule has 3 amide bonds. The number of aliphatic hydroxyl groups is 3. The first-order chi connectivity index (χ1) is 22.2. The molecule has 2 bridgehead atoms. The zero-order chi connectivity index (χ0) is 32.1. The second kappa shape index (κ2) is 12.5. The number of carbonyl (C=O) groups is 3. The van der Waals surface area contributed by atoms with Crippen molar-refractivity contribution in [2.24, 2.45) is 0 Å². The highest BCUT2D eigenvalue weighted by Crippen LogP contribution is 2.34. The number of aromatic nitrogens is 3. The van der Waals surface area contributed by atoms with E-state index in [1.807, 2.05) is 0 Å². The number of ether oxygens (including phenoxy) is 2. The number of nitrogens with one attached hydrogen (secondary N) is 1. The molecule has 0 unspecified atom stereocenters. The molecule has 5 aliphatic heterocycles. The van der Waals surface area contributed by atoms with Crippen LogP contribution in [0.5, 0.6) is 5.75 Å². The number of fused-ring (bicyclic) bond motifs is 4. The fourth-order valence-corrected chi connectivity index (χ4v) is 7.50. The van der Waals surface area contributed by atoms with Crippen molar-refractivity contribution < 1.29 is 44.3 Å². The number of phenols is 1. The number of piperazine rings is 1. The molecule has 1 aromatic carbocycles. The molecule has 5 N–H and O–H groups in total. The predicted octanol–water partition coefficient (Wildman–Crippen LogP) is -2.54. The zero-order valence-corrected chi connectivity index (χ0v) is 25.2. The van der Waals surface area contributed by atoms with Gasteiger partial charge in [-0.05, 0) is 31.4 Å².